The molecule has 0 radical (unpaired) electrons. The third-order valence-electron chi connectivity index (χ3n) is 2.51. The summed E-state index contributed by atoms with van der Waals surface area (Å²) in [5.74, 6) is 2.68. The van der Waals surface area contributed by atoms with Gasteiger partial charge in [-0.25, -0.2) is 9.97 Å². The fraction of sp³-hybridized carbons (Fsp3) is 0.231. The number of nitrogens with two attached hydrogens (primary N) is 1. The molecule has 2 aromatic rings. The van der Waals surface area contributed by atoms with Crippen LogP contribution in [0.15, 0.2) is 30.3 Å². The average Bonchev–Trinajstić information content (AvgIpc) is 2.35. The maximum atomic E-state index is 5.67. The van der Waals surface area contributed by atoms with Gasteiger partial charge in [0.2, 0.25) is 0 Å². The quantitative estimate of drug-likeness (QED) is 0.860. The molecule has 1 aromatic heterocycles. The van der Waals surface area contributed by atoms with Crippen LogP contribution in [0.1, 0.15) is 11.4 Å². The van der Waals surface area contributed by atoms with E-state index in [9.17, 15) is 0 Å². The first-order valence-electron chi connectivity index (χ1n) is 5.66. The van der Waals surface area contributed by atoms with Gasteiger partial charge in [-0.2, -0.15) is 0 Å². The molecule has 18 heavy (non-hydrogen) atoms. The van der Waals surface area contributed by atoms with E-state index in [1.807, 2.05) is 31.2 Å². The first kappa shape index (κ1) is 12.2. The summed E-state index contributed by atoms with van der Waals surface area (Å²) >= 11 is 0. The van der Waals surface area contributed by atoms with Crippen molar-refractivity contribution in [3.63, 3.8) is 0 Å². The highest BCUT2D eigenvalue weighted by Gasteiger charge is 2.03. The van der Waals surface area contributed by atoms with Crippen LogP contribution in [0.3, 0.4) is 0 Å². The van der Waals surface area contributed by atoms with Gasteiger partial charge in [0.25, 0.3) is 0 Å². The number of ether oxygens (including phenoxy) is 1. The minimum atomic E-state index is 0.463. The van der Waals surface area contributed by atoms with Gasteiger partial charge in [0, 0.05) is 18.2 Å². The van der Waals surface area contributed by atoms with Gasteiger partial charge < -0.3 is 15.8 Å². The van der Waals surface area contributed by atoms with Gasteiger partial charge in [-0.3, -0.25) is 0 Å². The third kappa shape index (κ3) is 2.88. The molecular weight excluding hydrogens is 228 g/mol. The predicted molar refractivity (Wildman–Crippen MR) is 71.5 cm³/mol. The van der Waals surface area contributed by atoms with Crippen LogP contribution < -0.4 is 15.8 Å². The monoisotopic (exact) mass is 244 g/mol. The van der Waals surface area contributed by atoms with Crippen LogP contribution in [0.2, 0.25) is 0 Å². The summed E-state index contributed by atoms with van der Waals surface area (Å²) in [5.41, 5.74) is 6.73. The molecule has 0 amide bonds. The molecule has 3 N–H and O–H groups in total. The zero-order chi connectivity index (χ0) is 13.0. The Hall–Kier alpha value is -2.30. The van der Waals surface area contributed by atoms with Crippen molar-refractivity contribution in [3.8, 4) is 5.75 Å². The van der Waals surface area contributed by atoms with E-state index >= 15 is 0 Å². The second-order valence-corrected chi connectivity index (χ2v) is 3.89. The molecule has 1 aromatic carbocycles. The van der Waals surface area contributed by atoms with Crippen molar-refractivity contribution in [1.82, 2.24) is 9.97 Å². The number of anilines is 2. The molecule has 0 aliphatic heterocycles. The smallest absolute Gasteiger partial charge is 0.132 e. The van der Waals surface area contributed by atoms with E-state index in [1.165, 1.54) is 0 Å². The van der Waals surface area contributed by atoms with E-state index in [4.69, 9.17) is 10.5 Å². The summed E-state index contributed by atoms with van der Waals surface area (Å²) in [6, 6.07) is 9.55. The molecule has 0 unspecified atom stereocenters. The molecule has 0 aliphatic carbocycles. The summed E-state index contributed by atoms with van der Waals surface area (Å²) in [6.45, 7) is 2.44. The zero-order valence-electron chi connectivity index (χ0n) is 10.5. The molecule has 0 atom stereocenters. The molecule has 5 heteroatoms. The summed E-state index contributed by atoms with van der Waals surface area (Å²) in [6.07, 6.45) is 0. The Morgan fingerprint density at radius 1 is 1.28 bits per heavy atom. The Balaban J connectivity index is 2.11. The molecule has 0 bridgehead atoms. The highest BCUT2D eigenvalue weighted by Crippen LogP contribution is 2.18. The van der Waals surface area contributed by atoms with E-state index in [2.05, 4.69) is 15.3 Å². The Kier molecular flexibility index (Phi) is 3.62. The second-order valence-electron chi connectivity index (χ2n) is 3.89. The normalized spacial score (nSPS) is 10.1. The molecule has 0 saturated heterocycles. The maximum absolute atomic E-state index is 5.67. The van der Waals surface area contributed by atoms with Gasteiger partial charge >= 0.3 is 0 Å². The number of aryl methyl sites for hydroxylation is 1. The number of para-hydroxylation sites is 1. The SMILES string of the molecule is COc1ccccc1CNc1cc(N)nc(C)n1. The minimum Gasteiger partial charge on any atom is -0.496 e. The summed E-state index contributed by atoms with van der Waals surface area (Å²) < 4.78 is 5.28. The van der Waals surface area contributed by atoms with Crippen molar-refractivity contribution >= 4 is 11.6 Å². The summed E-state index contributed by atoms with van der Waals surface area (Å²) in [5, 5.41) is 3.21. The highest BCUT2D eigenvalue weighted by atomic mass is 16.5. The first-order valence-corrected chi connectivity index (χ1v) is 5.66. The number of nitrogens with one attached hydrogen (secondary N) is 1. The van der Waals surface area contributed by atoms with Crippen molar-refractivity contribution in [2.75, 3.05) is 18.2 Å². The molecule has 0 spiro atoms. The summed E-state index contributed by atoms with van der Waals surface area (Å²) in [4.78, 5) is 8.29. The second kappa shape index (κ2) is 5.35. The lowest BCUT2D eigenvalue weighted by atomic mass is 10.2. The predicted octanol–water partition coefficient (Wildman–Crippen LogP) is 1.99. The van der Waals surface area contributed by atoms with Crippen LogP contribution in [0.5, 0.6) is 5.75 Å². The van der Waals surface area contributed by atoms with Crippen LogP contribution in [0.25, 0.3) is 0 Å². The van der Waals surface area contributed by atoms with E-state index in [1.54, 1.807) is 13.2 Å². The van der Waals surface area contributed by atoms with Crippen LogP contribution in [-0.4, -0.2) is 17.1 Å². The lowest BCUT2D eigenvalue weighted by molar-refractivity contribution is 0.410. The number of aromatic nitrogens is 2. The first-order chi connectivity index (χ1) is 8.69. The zero-order valence-corrected chi connectivity index (χ0v) is 10.5. The molecule has 5 nitrogen and oxygen atoms in total. The number of hydrogen-bond acceptors (Lipinski definition) is 5. The number of nitrogens with zero attached hydrogens (tertiary/aromatic N) is 2. The maximum Gasteiger partial charge on any atom is 0.132 e. The van der Waals surface area contributed by atoms with E-state index in [0.29, 0.717) is 24.0 Å². The Labute approximate surface area is 106 Å². The van der Waals surface area contributed by atoms with E-state index in [0.717, 1.165) is 11.3 Å². The molecule has 2 rings (SSSR count). The topological polar surface area (TPSA) is 73.1 Å². The molecular formula is C13H16N4O. The third-order valence-corrected chi connectivity index (χ3v) is 2.51. The molecule has 0 fully saturated rings. The van der Waals surface area contributed by atoms with Crippen LogP contribution in [0.4, 0.5) is 11.6 Å². The fourth-order valence-electron chi connectivity index (χ4n) is 1.72. The van der Waals surface area contributed by atoms with Crippen LogP contribution in [0, 0.1) is 6.92 Å². The van der Waals surface area contributed by atoms with Gasteiger partial charge in [0.1, 0.15) is 23.2 Å². The highest BCUT2D eigenvalue weighted by molar-refractivity contribution is 5.46. The Bertz CT molecular complexity index is 522. The van der Waals surface area contributed by atoms with Gasteiger partial charge in [0.05, 0.1) is 7.11 Å². The van der Waals surface area contributed by atoms with Gasteiger partial charge in [-0.05, 0) is 13.0 Å². The lowest BCUT2D eigenvalue weighted by Gasteiger charge is -2.10. The Morgan fingerprint density at radius 3 is 2.78 bits per heavy atom. The van der Waals surface area contributed by atoms with Crippen molar-refractivity contribution in [2.45, 2.75) is 13.5 Å². The number of nitrogen functional groups attached to an aromatic ring is 1. The van der Waals surface area contributed by atoms with Crippen LogP contribution in [-0.2, 0) is 6.54 Å². The van der Waals surface area contributed by atoms with Gasteiger partial charge in [-0.15, -0.1) is 0 Å². The number of methoxy groups -OCH3 is 1. The van der Waals surface area contributed by atoms with Gasteiger partial charge in [0.15, 0.2) is 0 Å². The number of benzene rings is 1. The van der Waals surface area contributed by atoms with E-state index < -0.39 is 0 Å². The number of rotatable bonds is 4. The molecule has 94 valence electrons. The fourth-order valence-corrected chi connectivity index (χ4v) is 1.72. The summed E-state index contributed by atoms with van der Waals surface area (Å²) in [7, 11) is 1.66. The van der Waals surface area contributed by atoms with Crippen molar-refractivity contribution in [3.05, 3.63) is 41.7 Å². The molecule has 0 saturated carbocycles. The van der Waals surface area contributed by atoms with E-state index in [-0.39, 0.29) is 0 Å². The molecule has 1 heterocycles. The Morgan fingerprint density at radius 2 is 2.06 bits per heavy atom. The minimum absolute atomic E-state index is 0.463. The van der Waals surface area contributed by atoms with Crippen molar-refractivity contribution in [2.24, 2.45) is 0 Å². The standard InChI is InChI=1S/C13H16N4O/c1-9-16-12(14)7-13(17-9)15-8-10-5-3-4-6-11(10)18-2/h3-7H,8H2,1-2H3,(H3,14,15,16,17). The van der Waals surface area contributed by atoms with Crippen molar-refractivity contribution < 1.29 is 4.74 Å². The van der Waals surface area contributed by atoms with Crippen molar-refractivity contribution in [1.29, 1.82) is 0 Å². The van der Waals surface area contributed by atoms with Crippen LogP contribution >= 0.6 is 0 Å². The average molecular weight is 244 g/mol. The van der Waals surface area contributed by atoms with Gasteiger partial charge in [-0.1, -0.05) is 18.2 Å². The number of hydrogen-bond donors (Lipinski definition) is 2. The lowest BCUT2D eigenvalue weighted by Crippen LogP contribution is -2.05. The largest absolute Gasteiger partial charge is 0.496 e. The molecule has 0 aliphatic rings.